The van der Waals surface area contributed by atoms with Gasteiger partial charge in [0.2, 0.25) is 5.96 Å². The normalized spacial score (nSPS) is 28.0. The molecule has 84 valence electrons. The van der Waals surface area contributed by atoms with Crippen LogP contribution in [0.2, 0.25) is 0 Å². The van der Waals surface area contributed by atoms with Crippen molar-refractivity contribution in [3.8, 4) is 0 Å². The quantitative estimate of drug-likeness (QED) is 0.393. The molecule has 0 spiro atoms. The third-order valence-electron chi connectivity index (χ3n) is 2.82. The summed E-state index contributed by atoms with van der Waals surface area (Å²) in [5, 5.41) is 0. The first-order valence-corrected chi connectivity index (χ1v) is 5.32. The molecule has 0 aromatic rings. The molecule has 1 heterocycles. The van der Waals surface area contributed by atoms with Gasteiger partial charge in [-0.25, -0.2) is 4.99 Å². The Labute approximate surface area is 89.2 Å². The maximum absolute atomic E-state index is 5.58. The number of aliphatic imine (C=N–C) groups is 2. The zero-order valence-corrected chi connectivity index (χ0v) is 8.76. The Kier molecular flexibility index (Phi) is 2.77. The first kappa shape index (κ1) is 10.2. The Morgan fingerprint density at radius 2 is 1.87 bits per heavy atom. The summed E-state index contributed by atoms with van der Waals surface area (Å²) in [6.45, 7) is 2.11. The van der Waals surface area contributed by atoms with Crippen LogP contribution in [0.3, 0.4) is 0 Å². The average molecular weight is 210 g/mol. The standard InChI is InChI=1S/C9H18N6/c10-8(11)14-9(12)13-6-3-4-15(5-6)7-1-2-7/h6-7H,1-5H2,(H6,10,11,12,13,14). The minimum absolute atomic E-state index is 0.0340. The lowest BCUT2D eigenvalue weighted by molar-refractivity contribution is 0.324. The van der Waals surface area contributed by atoms with Crippen LogP contribution in [0.25, 0.3) is 0 Å². The summed E-state index contributed by atoms with van der Waals surface area (Å²) >= 11 is 0. The van der Waals surface area contributed by atoms with Crippen LogP contribution in [0.4, 0.5) is 0 Å². The average Bonchev–Trinajstić information content (AvgIpc) is 2.87. The summed E-state index contributed by atoms with van der Waals surface area (Å²) in [6.07, 6.45) is 3.72. The first-order chi connectivity index (χ1) is 7.15. The Hall–Kier alpha value is -1.30. The highest BCUT2D eigenvalue weighted by atomic mass is 15.2. The van der Waals surface area contributed by atoms with Gasteiger partial charge in [-0.1, -0.05) is 0 Å². The molecule has 1 unspecified atom stereocenters. The summed E-state index contributed by atoms with van der Waals surface area (Å²) in [5.74, 6) is 0.158. The van der Waals surface area contributed by atoms with Gasteiger partial charge in [0.1, 0.15) is 0 Å². The van der Waals surface area contributed by atoms with Gasteiger partial charge in [0.05, 0.1) is 6.04 Å². The SMILES string of the molecule is NC(N)=NC(N)=NC1CCN(C2CC2)C1. The van der Waals surface area contributed by atoms with E-state index in [2.05, 4.69) is 14.9 Å². The van der Waals surface area contributed by atoms with Crippen LogP contribution in [0.15, 0.2) is 9.98 Å². The molecular weight excluding hydrogens is 192 g/mol. The zero-order chi connectivity index (χ0) is 10.8. The van der Waals surface area contributed by atoms with E-state index in [1.807, 2.05) is 0 Å². The Morgan fingerprint density at radius 3 is 2.47 bits per heavy atom. The van der Waals surface area contributed by atoms with Gasteiger partial charge in [0.15, 0.2) is 5.96 Å². The lowest BCUT2D eigenvalue weighted by atomic mass is 10.3. The largest absolute Gasteiger partial charge is 0.370 e. The third kappa shape index (κ3) is 2.82. The highest BCUT2D eigenvalue weighted by Crippen LogP contribution is 2.30. The molecule has 1 atom stereocenters. The molecule has 0 radical (unpaired) electrons. The third-order valence-corrected chi connectivity index (χ3v) is 2.82. The molecule has 1 aliphatic carbocycles. The van der Waals surface area contributed by atoms with Crippen molar-refractivity contribution in [1.29, 1.82) is 0 Å². The van der Waals surface area contributed by atoms with E-state index in [-0.39, 0.29) is 18.0 Å². The molecule has 0 amide bonds. The van der Waals surface area contributed by atoms with Crippen molar-refractivity contribution in [3.05, 3.63) is 0 Å². The minimum Gasteiger partial charge on any atom is -0.370 e. The summed E-state index contributed by atoms with van der Waals surface area (Å²) in [6, 6.07) is 1.06. The Bertz CT molecular complexity index is 289. The van der Waals surface area contributed by atoms with Gasteiger partial charge in [-0.2, -0.15) is 4.99 Å². The second kappa shape index (κ2) is 4.06. The minimum atomic E-state index is -0.0340. The van der Waals surface area contributed by atoms with Crippen LogP contribution in [-0.4, -0.2) is 42.0 Å². The van der Waals surface area contributed by atoms with Crippen LogP contribution in [0, 0.1) is 0 Å². The second-order valence-corrected chi connectivity index (χ2v) is 4.19. The lowest BCUT2D eigenvalue weighted by Gasteiger charge is -2.12. The molecule has 6 heteroatoms. The van der Waals surface area contributed by atoms with Crippen molar-refractivity contribution in [2.75, 3.05) is 13.1 Å². The topological polar surface area (TPSA) is 106 Å². The predicted molar refractivity (Wildman–Crippen MR) is 60.4 cm³/mol. The highest BCUT2D eigenvalue weighted by Gasteiger charge is 2.34. The van der Waals surface area contributed by atoms with E-state index < -0.39 is 0 Å². The number of nitrogens with zero attached hydrogens (tertiary/aromatic N) is 3. The molecule has 2 aliphatic rings. The van der Waals surface area contributed by atoms with E-state index in [0.29, 0.717) is 0 Å². The smallest absolute Gasteiger partial charge is 0.218 e. The maximum Gasteiger partial charge on any atom is 0.218 e. The van der Waals surface area contributed by atoms with Gasteiger partial charge in [-0.15, -0.1) is 0 Å². The summed E-state index contributed by atoms with van der Waals surface area (Å²) < 4.78 is 0. The van der Waals surface area contributed by atoms with Crippen molar-refractivity contribution >= 4 is 11.9 Å². The number of hydrogen-bond acceptors (Lipinski definition) is 2. The fourth-order valence-corrected chi connectivity index (χ4v) is 1.99. The zero-order valence-electron chi connectivity index (χ0n) is 8.76. The van der Waals surface area contributed by atoms with E-state index in [0.717, 1.165) is 25.6 Å². The first-order valence-electron chi connectivity index (χ1n) is 5.32. The van der Waals surface area contributed by atoms with Crippen molar-refractivity contribution in [2.24, 2.45) is 27.2 Å². The fraction of sp³-hybridized carbons (Fsp3) is 0.778. The van der Waals surface area contributed by atoms with Crippen LogP contribution in [0.5, 0.6) is 0 Å². The predicted octanol–water partition coefficient (Wildman–Crippen LogP) is -1.19. The van der Waals surface area contributed by atoms with E-state index >= 15 is 0 Å². The van der Waals surface area contributed by atoms with Crippen molar-refractivity contribution in [1.82, 2.24) is 4.90 Å². The molecule has 0 aromatic heterocycles. The van der Waals surface area contributed by atoms with Crippen LogP contribution in [0.1, 0.15) is 19.3 Å². The van der Waals surface area contributed by atoms with Crippen LogP contribution in [-0.2, 0) is 0 Å². The molecule has 1 saturated heterocycles. The maximum atomic E-state index is 5.58. The Balaban J connectivity index is 1.87. The van der Waals surface area contributed by atoms with Gasteiger partial charge in [0.25, 0.3) is 0 Å². The number of rotatable bonds is 2. The van der Waals surface area contributed by atoms with Gasteiger partial charge in [-0.3, -0.25) is 4.90 Å². The van der Waals surface area contributed by atoms with Gasteiger partial charge < -0.3 is 17.2 Å². The summed E-state index contributed by atoms with van der Waals surface area (Å²) in [7, 11) is 0. The molecule has 2 fully saturated rings. The molecule has 15 heavy (non-hydrogen) atoms. The monoisotopic (exact) mass is 210 g/mol. The van der Waals surface area contributed by atoms with E-state index in [1.54, 1.807) is 0 Å². The second-order valence-electron chi connectivity index (χ2n) is 4.19. The highest BCUT2D eigenvalue weighted by molar-refractivity contribution is 5.92. The van der Waals surface area contributed by atoms with E-state index in [4.69, 9.17) is 17.2 Å². The van der Waals surface area contributed by atoms with Crippen molar-refractivity contribution in [3.63, 3.8) is 0 Å². The number of guanidine groups is 2. The van der Waals surface area contributed by atoms with Crippen molar-refractivity contribution in [2.45, 2.75) is 31.3 Å². The molecule has 1 aliphatic heterocycles. The summed E-state index contributed by atoms with van der Waals surface area (Å²) in [5.41, 5.74) is 16.0. The summed E-state index contributed by atoms with van der Waals surface area (Å²) in [4.78, 5) is 10.5. The fourth-order valence-electron chi connectivity index (χ4n) is 1.99. The van der Waals surface area contributed by atoms with Crippen LogP contribution >= 0.6 is 0 Å². The van der Waals surface area contributed by atoms with Crippen molar-refractivity contribution < 1.29 is 0 Å². The number of nitrogens with two attached hydrogens (primary N) is 3. The Morgan fingerprint density at radius 1 is 1.13 bits per heavy atom. The van der Waals surface area contributed by atoms with Gasteiger partial charge in [0, 0.05) is 19.1 Å². The molecular formula is C9H18N6. The molecule has 0 aromatic carbocycles. The lowest BCUT2D eigenvalue weighted by Crippen LogP contribution is -2.28. The van der Waals surface area contributed by atoms with E-state index in [9.17, 15) is 0 Å². The van der Waals surface area contributed by atoms with Gasteiger partial charge >= 0.3 is 0 Å². The molecule has 6 nitrogen and oxygen atoms in total. The molecule has 1 saturated carbocycles. The van der Waals surface area contributed by atoms with Gasteiger partial charge in [-0.05, 0) is 19.3 Å². The number of hydrogen-bond donors (Lipinski definition) is 3. The van der Waals surface area contributed by atoms with Crippen LogP contribution < -0.4 is 17.2 Å². The molecule has 6 N–H and O–H groups in total. The molecule has 2 rings (SSSR count). The van der Waals surface area contributed by atoms with E-state index in [1.165, 1.54) is 12.8 Å². The number of likely N-dealkylation sites (tertiary alicyclic amines) is 1. The molecule has 0 bridgehead atoms.